The molecule has 0 fully saturated rings. The average molecular weight is 275 g/mol. The second-order valence-electron chi connectivity index (χ2n) is 3.98. The van der Waals surface area contributed by atoms with E-state index in [0.717, 1.165) is 0 Å². The van der Waals surface area contributed by atoms with Gasteiger partial charge in [0, 0.05) is 5.46 Å². The van der Waals surface area contributed by atoms with Crippen LogP contribution < -0.4 is 16.5 Å². The van der Waals surface area contributed by atoms with Gasteiger partial charge in [-0.3, -0.25) is 4.79 Å². The van der Waals surface area contributed by atoms with Crippen molar-refractivity contribution in [1.82, 2.24) is 4.98 Å². The van der Waals surface area contributed by atoms with E-state index in [0.29, 0.717) is 0 Å². The Hall–Kier alpha value is -2.45. The highest BCUT2D eigenvalue weighted by molar-refractivity contribution is 6.60. The molecule has 102 valence electrons. The Labute approximate surface area is 114 Å². The van der Waals surface area contributed by atoms with Crippen LogP contribution in [-0.2, 0) is 0 Å². The van der Waals surface area contributed by atoms with Crippen LogP contribution >= 0.6 is 0 Å². The summed E-state index contributed by atoms with van der Waals surface area (Å²) in [7, 11) is -1.75. The maximum Gasteiger partial charge on any atom is 0.492 e. The average Bonchev–Trinajstić information content (AvgIpc) is 2.38. The second-order valence-corrected chi connectivity index (χ2v) is 3.98. The molecule has 0 bridgehead atoms. The van der Waals surface area contributed by atoms with Crippen molar-refractivity contribution in [3.8, 4) is 0 Å². The lowest BCUT2D eigenvalue weighted by Gasteiger charge is -2.08. The number of nitrogens with two attached hydrogens (primary N) is 1. The number of amides is 1. The SMILES string of the molecule is Nc1nc(NC(=O)c2ccccc2F)ccc1B(O)O. The quantitative estimate of drug-likeness (QED) is 0.577. The summed E-state index contributed by atoms with van der Waals surface area (Å²) in [6.07, 6.45) is 0. The van der Waals surface area contributed by atoms with Crippen molar-refractivity contribution < 1.29 is 19.2 Å². The van der Waals surface area contributed by atoms with Gasteiger partial charge in [-0.1, -0.05) is 18.2 Å². The molecular formula is C12H11BFN3O3. The van der Waals surface area contributed by atoms with Gasteiger partial charge in [0.15, 0.2) is 0 Å². The number of carbonyl (C=O) groups is 1. The zero-order chi connectivity index (χ0) is 14.7. The van der Waals surface area contributed by atoms with Crippen molar-refractivity contribution in [1.29, 1.82) is 0 Å². The maximum atomic E-state index is 13.4. The smallest absolute Gasteiger partial charge is 0.423 e. The molecular weight excluding hydrogens is 264 g/mol. The molecule has 0 saturated carbocycles. The predicted octanol–water partition coefficient (Wildman–Crippen LogP) is -0.265. The van der Waals surface area contributed by atoms with Crippen LogP contribution in [0.5, 0.6) is 0 Å². The number of carbonyl (C=O) groups excluding carboxylic acids is 1. The Morgan fingerprint density at radius 3 is 2.55 bits per heavy atom. The third-order valence-electron chi connectivity index (χ3n) is 2.60. The highest BCUT2D eigenvalue weighted by atomic mass is 19.1. The zero-order valence-corrected chi connectivity index (χ0v) is 10.2. The van der Waals surface area contributed by atoms with Gasteiger partial charge < -0.3 is 21.1 Å². The molecule has 6 nitrogen and oxygen atoms in total. The van der Waals surface area contributed by atoms with E-state index >= 15 is 0 Å². The Kier molecular flexibility index (Phi) is 3.97. The Morgan fingerprint density at radius 1 is 1.25 bits per heavy atom. The van der Waals surface area contributed by atoms with Gasteiger partial charge in [-0.05, 0) is 18.2 Å². The first-order chi connectivity index (χ1) is 9.49. The minimum absolute atomic E-state index is 0.0221. The Morgan fingerprint density at radius 2 is 1.95 bits per heavy atom. The van der Waals surface area contributed by atoms with Gasteiger partial charge in [0.25, 0.3) is 5.91 Å². The fraction of sp³-hybridized carbons (Fsp3) is 0. The Balaban J connectivity index is 2.21. The molecule has 2 rings (SSSR count). The number of nitrogen functional groups attached to an aromatic ring is 1. The summed E-state index contributed by atoms with van der Waals surface area (Å²) in [5, 5.41) is 20.4. The summed E-state index contributed by atoms with van der Waals surface area (Å²) in [5.41, 5.74) is 5.41. The van der Waals surface area contributed by atoms with Gasteiger partial charge in [-0.25, -0.2) is 9.37 Å². The number of benzene rings is 1. The molecule has 1 aromatic carbocycles. The molecule has 5 N–H and O–H groups in total. The lowest BCUT2D eigenvalue weighted by molar-refractivity contribution is 0.102. The monoisotopic (exact) mass is 275 g/mol. The van der Waals surface area contributed by atoms with E-state index in [4.69, 9.17) is 15.8 Å². The first-order valence-corrected chi connectivity index (χ1v) is 5.67. The van der Waals surface area contributed by atoms with Crippen LogP contribution in [0.2, 0.25) is 0 Å². The molecule has 0 unspecified atom stereocenters. The molecule has 0 radical (unpaired) electrons. The molecule has 0 aliphatic rings. The Bertz CT molecular complexity index is 652. The van der Waals surface area contributed by atoms with E-state index in [1.807, 2.05) is 0 Å². The molecule has 1 heterocycles. The van der Waals surface area contributed by atoms with Gasteiger partial charge in [-0.15, -0.1) is 0 Å². The van der Waals surface area contributed by atoms with Crippen molar-refractivity contribution in [3.05, 3.63) is 47.8 Å². The third kappa shape index (κ3) is 2.93. The number of nitrogens with zero attached hydrogens (tertiary/aromatic N) is 1. The minimum atomic E-state index is -1.75. The van der Waals surface area contributed by atoms with E-state index < -0.39 is 18.8 Å². The van der Waals surface area contributed by atoms with Crippen LogP contribution in [0, 0.1) is 5.82 Å². The normalized spacial score (nSPS) is 10.2. The highest BCUT2D eigenvalue weighted by Gasteiger charge is 2.17. The van der Waals surface area contributed by atoms with E-state index in [-0.39, 0.29) is 22.7 Å². The lowest BCUT2D eigenvalue weighted by Crippen LogP contribution is -2.33. The number of aromatic nitrogens is 1. The molecule has 0 atom stereocenters. The molecule has 2 aromatic rings. The number of hydrogen-bond acceptors (Lipinski definition) is 5. The van der Waals surface area contributed by atoms with Crippen molar-refractivity contribution >= 4 is 30.1 Å². The molecule has 1 aromatic heterocycles. The van der Waals surface area contributed by atoms with Crippen LogP contribution in [-0.4, -0.2) is 28.1 Å². The van der Waals surface area contributed by atoms with Crippen molar-refractivity contribution in [2.75, 3.05) is 11.1 Å². The second kappa shape index (κ2) is 5.68. The summed E-state index contributed by atoms with van der Waals surface area (Å²) >= 11 is 0. The maximum absolute atomic E-state index is 13.4. The first-order valence-electron chi connectivity index (χ1n) is 5.67. The van der Waals surface area contributed by atoms with Crippen molar-refractivity contribution in [3.63, 3.8) is 0 Å². The lowest BCUT2D eigenvalue weighted by atomic mass is 9.80. The fourth-order valence-corrected chi connectivity index (χ4v) is 1.60. The fourth-order valence-electron chi connectivity index (χ4n) is 1.60. The number of hydrogen-bond donors (Lipinski definition) is 4. The van der Waals surface area contributed by atoms with Gasteiger partial charge in [0.1, 0.15) is 17.5 Å². The van der Waals surface area contributed by atoms with Gasteiger partial charge in [0.2, 0.25) is 0 Å². The molecule has 0 saturated heterocycles. The third-order valence-corrected chi connectivity index (χ3v) is 2.60. The number of pyridine rings is 1. The van der Waals surface area contributed by atoms with Crippen LogP contribution in [0.3, 0.4) is 0 Å². The van der Waals surface area contributed by atoms with Gasteiger partial charge in [-0.2, -0.15) is 0 Å². The molecule has 8 heteroatoms. The van der Waals surface area contributed by atoms with E-state index in [1.165, 1.54) is 36.4 Å². The summed E-state index contributed by atoms with van der Waals surface area (Å²) in [4.78, 5) is 15.6. The van der Waals surface area contributed by atoms with Crippen LogP contribution in [0.25, 0.3) is 0 Å². The standard InChI is InChI=1S/C12H11BFN3O3/c14-9-4-2-1-3-7(9)12(18)17-10-6-5-8(13(19)20)11(15)16-10/h1-6,19-20H,(H3,15,16,17,18). The van der Waals surface area contributed by atoms with Crippen LogP contribution in [0.4, 0.5) is 16.0 Å². The van der Waals surface area contributed by atoms with Crippen molar-refractivity contribution in [2.45, 2.75) is 0 Å². The molecule has 0 aliphatic heterocycles. The summed E-state index contributed by atoms with van der Waals surface area (Å²) in [6, 6.07) is 8.15. The summed E-state index contributed by atoms with van der Waals surface area (Å²) in [6.45, 7) is 0. The minimum Gasteiger partial charge on any atom is -0.423 e. The number of nitrogens with one attached hydrogen (secondary N) is 1. The predicted molar refractivity (Wildman–Crippen MR) is 72.8 cm³/mol. The largest absolute Gasteiger partial charge is 0.492 e. The number of halogens is 1. The van der Waals surface area contributed by atoms with Crippen LogP contribution in [0.15, 0.2) is 36.4 Å². The molecule has 20 heavy (non-hydrogen) atoms. The first kappa shape index (κ1) is 14.0. The van der Waals surface area contributed by atoms with E-state index in [9.17, 15) is 9.18 Å². The molecule has 0 spiro atoms. The van der Waals surface area contributed by atoms with Crippen molar-refractivity contribution in [2.24, 2.45) is 0 Å². The van der Waals surface area contributed by atoms with Gasteiger partial charge >= 0.3 is 7.12 Å². The molecule has 1 amide bonds. The number of rotatable bonds is 3. The van der Waals surface area contributed by atoms with E-state index in [2.05, 4.69) is 10.3 Å². The number of anilines is 2. The van der Waals surface area contributed by atoms with E-state index in [1.54, 1.807) is 0 Å². The van der Waals surface area contributed by atoms with Gasteiger partial charge in [0.05, 0.1) is 5.56 Å². The molecule has 0 aliphatic carbocycles. The van der Waals surface area contributed by atoms with Crippen LogP contribution in [0.1, 0.15) is 10.4 Å². The highest BCUT2D eigenvalue weighted by Crippen LogP contribution is 2.10. The summed E-state index contributed by atoms with van der Waals surface area (Å²) in [5.74, 6) is -1.38. The zero-order valence-electron chi connectivity index (χ0n) is 10.2. The topological polar surface area (TPSA) is 108 Å². The summed E-state index contributed by atoms with van der Waals surface area (Å²) < 4.78 is 13.4.